The van der Waals surface area contributed by atoms with Crippen molar-refractivity contribution in [2.45, 2.75) is 0 Å². The number of anilines is 1. The van der Waals surface area contributed by atoms with Gasteiger partial charge in [0.25, 0.3) is 5.69 Å². The second-order valence-electron chi connectivity index (χ2n) is 3.34. The molecular formula is C10H11N4O2+. The fourth-order valence-electron chi connectivity index (χ4n) is 1.06. The van der Waals surface area contributed by atoms with Crippen LogP contribution in [-0.4, -0.2) is 29.9 Å². The number of benzene rings is 1. The van der Waals surface area contributed by atoms with Crippen molar-refractivity contribution in [3.63, 3.8) is 0 Å². The Bertz CT molecular complexity index is 484. The van der Waals surface area contributed by atoms with E-state index in [4.69, 9.17) is 5.26 Å². The monoisotopic (exact) mass is 219 g/mol. The molecule has 0 aromatic heterocycles. The first-order valence-corrected chi connectivity index (χ1v) is 4.49. The van der Waals surface area contributed by atoms with Gasteiger partial charge in [-0.2, -0.15) is 5.26 Å². The molecule has 82 valence electrons. The van der Waals surface area contributed by atoms with Gasteiger partial charge in [-0.25, -0.2) is 5.32 Å². The molecular weight excluding hydrogens is 208 g/mol. The van der Waals surface area contributed by atoms with Crippen molar-refractivity contribution in [3.8, 4) is 6.07 Å². The van der Waals surface area contributed by atoms with E-state index in [2.05, 4.69) is 5.32 Å². The van der Waals surface area contributed by atoms with Crippen LogP contribution >= 0.6 is 0 Å². The van der Waals surface area contributed by atoms with Crippen LogP contribution in [0.15, 0.2) is 18.2 Å². The molecule has 6 nitrogen and oxygen atoms in total. The van der Waals surface area contributed by atoms with E-state index in [0.717, 1.165) is 0 Å². The van der Waals surface area contributed by atoms with Gasteiger partial charge in [0.2, 0.25) is 6.34 Å². The largest absolute Gasteiger partial charge is 0.273 e. The highest BCUT2D eigenvalue weighted by Gasteiger charge is 2.12. The van der Waals surface area contributed by atoms with E-state index in [1.54, 1.807) is 10.9 Å². The van der Waals surface area contributed by atoms with Gasteiger partial charge in [0.05, 0.1) is 19.0 Å². The van der Waals surface area contributed by atoms with E-state index in [0.29, 0.717) is 5.69 Å². The summed E-state index contributed by atoms with van der Waals surface area (Å²) in [4.78, 5) is 9.98. The SMILES string of the molecule is C[N+](C)=CNc1ccc([N+](=O)[O-])cc1C#N. The summed E-state index contributed by atoms with van der Waals surface area (Å²) in [7, 11) is 3.65. The summed E-state index contributed by atoms with van der Waals surface area (Å²) in [5, 5.41) is 22.2. The lowest BCUT2D eigenvalue weighted by atomic mass is 10.2. The van der Waals surface area contributed by atoms with Crippen molar-refractivity contribution < 1.29 is 9.50 Å². The fourth-order valence-corrected chi connectivity index (χ4v) is 1.06. The van der Waals surface area contributed by atoms with Gasteiger partial charge >= 0.3 is 0 Å². The van der Waals surface area contributed by atoms with E-state index in [-0.39, 0.29) is 11.3 Å². The molecule has 0 atom stereocenters. The van der Waals surface area contributed by atoms with Crippen molar-refractivity contribution in [2.24, 2.45) is 0 Å². The van der Waals surface area contributed by atoms with Crippen LogP contribution in [-0.2, 0) is 0 Å². The van der Waals surface area contributed by atoms with E-state index < -0.39 is 4.92 Å². The molecule has 1 rings (SSSR count). The van der Waals surface area contributed by atoms with Crippen molar-refractivity contribution in [2.75, 3.05) is 19.4 Å². The molecule has 0 saturated heterocycles. The smallest absolute Gasteiger partial charge is 0.271 e. The van der Waals surface area contributed by atoms with Crippen LogP contribution in [0, 0.1) is 21.4 Å². The molecule has 0 aliphatic rings. The number of nitrogens with zero attached hydrogens (tertiary/aromatic N) is 3. The number of nitrogens with one attached hydrogen (secondary N) is 1. The molecule has 1 N–H and O–H groups in total. The average molecular weight is 219 g/mol. The Balaban J connectivity index is 3.08. The normalized spacial score (nSPS) is 9.06. The first kappa shape index (κ1) is 11.7. The number of nitriles is 1. The summed E-state index contributed by atoms with van der Waals surface area (Å²) >= 11 is 0. The minimum Gasteiger partial charge on any atom is -0.273 e. The minimum absolute atomic E-state index is 0.0908. The lowest BCUT2D eigenvalue weighted by molar-refractivity contribution is -0.459. The number of nitro groups is 1. The maximum atomic E-state index is 10.5. The van der Waals surface area contributed by atoms with Crippen LogP contribution < -0.4 is 5.32 Å². The van der Waals surface area contributed by atoms with E-state index in [1.165, 1.54) is 18.2 Å². The zero-order valence-corrected chi connectivity index (χ0v) is 8.97. The number of rotatable bonds is 3. The van der Waals surface area contributed by atoms with E-state index in [9.17, 15) is 10.1 Å². The molecule has 0 radical (unpaired) electrons. The van der Waals surface area contributed by atoms with Crippen molar-refractivity contribution in [3.05, 3.63) is 33.9 Å². The van der Waals surface area contributed by atoms with Gasteiger partial charge in [-0.1, -0.05) is 0 Å². The van der Waals surface area contributed by atoms with Crippen molar-refractivity contribution in [1.82, 2.24) is 0 Å². The maximum Gasteiger partial charge on any atom is 0.271 e. The third-order valence-electron chi connectivity index (χ3n) is 1.81. The first-order valence-electron chi connectivity index (χ1n) is 4.49. The Kier molecular flexibility index (Phi) is 3.56. The number of nitro benzene ring substituents is 1. The molecule has 0 bridgehead atoms. The number of hydrogen-bond donors (Lipinski definition) is 1. The summed E-state index contributed by atoms with van der Waals surface area (Å²) in [5.41, 5.74) is 0.695. The predicted molar refractivity (Wildman–Crippen MR) is 59.6 cm³/mol. The summed E-state index contributed by atoms with van der Waals surface area (Å²) in [6, 6.07) is 6.02. The molecule has 0 fully saturated rings. The fraction of sp³-hybridized carbons (Fsp3) is 0.200. The minimum atomic E-state index is -0.527. The Morgan fingerprint density at radius 2 is 2.19 bits per heavy atom. The quantitative estimate of drug-likeness (QED) is 0.272. The van der Waals surface area contributed by atoms with Crippen LogP contribution in [0.25, 0.3) is 0 Å². The number of hydrogen-bond acceptors (Lipinski definition) is 3. The lowest BCUT2D eigenvalue weighted by Gasteiger charge is -1.98. The summed E-state index contributed by atoms with van der Waals surface area (Å²) in [5.74, 6) is 0. The lowest BCUT2D eigenvalue weighted by Crippen LogP contribution is -2.08. The molecule has 6 heteroatoms. The molecule has 0 aliphatic carbocycles. The Morgan fingerprint density at radius 3 is 2.69 bits per heavy atom. The van der Waals surface area contributed by atoms with Gasteiger partial charge in [0.15, 0.2) is 0 Å². The van der Waals surface area contributed by atoms with Gasteiger partial charge in [0, 0.05) is 12.1 Å². The molecule has 1 aromatic carbocycles. The molecule has 0 spiro atoms. The highest BCUT2D eigenvalue weighted by atomic mass is 16.6. The van der Waals surface area contributed by atoms with Crippen LogP contribution in [0.2, 0.25) is 0 Å². The summed E-state index contributed by atoms with van der Waals surface area (Å²) in [6.07, 6.45) is 1.65. The molecule has 0 aliphatic heterocycles. The third kappa shape index (κ3) is 2.78. The Morgan fingerprint density at radius 1 is 1.50 bits per heavy atom. The highest BCUT2D eigenvalue weighted by Crippen LogP contribution is 2.20. The molecule has 0 heterocycles. The highest BCUT2D eigenvalue weighted by molar-refractivity contribution is 5.76. The van der Waals surface area contributed by atoms with Gasteiger partial charge in [-0.15, -0.1) is 0 Å². The van der Waals surface area contributed by atoms with Gasteiger partial charge in [-0.3, -0.25) is 14.7 Å². The van der Waals surface area contributed by atoms with Gasteiger partial charge in [0.1, 0.15) is 17.3 Å². The van der Waals surface area contributed by atoms with Gasteiger partial charge in [-0.05, 0) is 6.07 Å². The van der Waals surface area contributed by atoms with Gasteiger partial charge < -0.3 is 0 Å². The second-order valence-corrected chi connectivity index (χ2v) is 3.34. The molecule has 16 heavy (non-hydrogen) atoms. The van der Waals surface area contributed by atoms with Crippen LogP contribution in [0.4, 0.5) is 11.4 Å². The molecule has 1 aromatic rings. The Labute approximate surface area is 92.6 Å². The van der Waals surface area contributed by atoms with E-state index in [1.807, 2.05) is 20.2 Å². The van der Waals surface area contributed by atoms with Crippen LogP contribution in [0.5, 0.6) is 0 Å². The zero-order valence-electron chi connectivity index (χ0n) is 8.97. The zero-order chi connectivity index (χ0) is 12.1. The number of non-ortho nitro benzene ring substituents is 1. The van der Waals surface area contributed by atoms with Crippen LogP contribution in [0.3, 0.4) is 0 Å². The second kappa shape index (κ2) is 4.89. The molecule has 0 amide bonds. The third-order valence-corrected chi connectivity index (χ3v) is 1.81. The first-order chi connectivity index (χ1) is 7.54. The molecule has 0 saturated carbocycles. The topological polar surface area (TPSA) is 82.0 Å². The van der Waals surface area contributed by atoms with E-state index >= 15 is 0 Å². The predicted octanol–water partition coefficient (Wildman–Crippen LogP) is 1.18. The van der Waals surface area contributed by atoms with Crippen molar-refractivity contribution in [1.29, 1.82) is 5.26 Å². The summed E-state index contributed by atoms with van der Waals surface area (Å²) < 4.78 is 1.77. The average Bonchev–Trinajstić information content (AvgIpc) is 2.25. The standard InChI is InChI=1S/C10H10N4O2/c1-13(2)7-12-10-4-3-9(14(15)16)5-8(10)6-11/h3-5,7H,1-2H3/p+1. The van der Waals surface area contributed by atoms with Crippen molar-refractivity contribution >= 4 is 17.7 Å². The van der Waals surface area contributed by atoms with Crippen LogP contribution in [0.1, 0.15) is 5.56 Å². The summed E-state index contributed by atoms with van der Waals surface area (Å²) in [6.45, 7) is 0. The Hall–Kier alpha value is -2.42. The molecule has 0 unspecified atom stereocenters. The maximum absolute atomic E-state index is 10.5.